The number of nitrogens with zero attached hydrogens (tertiary/aromatic N) is 1. The van der Waals surface area contributed by atoms with Crippen molar-refractivity contribution in [1.29, 1.82) is 0 Å². The largest absolute Gasteiger partial charge is 0.355 e. The van der Waals surface area contributed by atoms with Gasteiger partial charge in [0.05, 0.1) is 0 Å². The van der Waals surface area contributed by atoms with E-state index in [1.54, 1.807) is 0 Å². The summed E-state index contributed by atoms with van der Waals surface area (Å²) in [7, 11) is 0. The molecule has 0 unspecified atom stereocenters. The summed E-state index contributed by atoms with van der Waals surface area (Å²) in [5, 5.41) is 2.83. The van der Waals surface area contributed by atoms with Gasteiger partial charge in [-0.25, -0.2) is 0 Å². The molecule has 4 heteroatoms. The zero-order valence-electron chi connectivity index (χ0n) is 11.9. The van der Waals surface area contributed by atoms with Crippen molar-refractivity contribution in [3.63, 3.8) is 0 Å². The summed E-state index contributed by atoms with van der Waals surface area (Å²) in [5.41, 5.74) is 1.78. The van der Waals surface area contributed by atoms with Gasteiger partial charge in [0, 0.05) is 19.2 Å². The van der Waals surface area contributed by atoms with Crippen LogP contribution in [0, 0.1) is 6.92 Å². The van der Waals surface area contributed by atoms with E-state index in [1.165, 1.54) is 11.8 Å². The maximum Gasteiger partial charge on any atom is 0.240 e. The van der Waals surface area contributed by atoms with E-state index in [0.717, 1.165) is 24.1 Å². The van der Waals surface area contributed by atoms with Crippen molar-refractivity contribution >= 4 is 17.5 Å². The zero-order chi connectivity index (χ0) is 14.3. The zero-order valence-corrected chi connectivity index (χ0v) is 11.9. The van der Waals surface area contributed by atoms with Gasteiger partial charge in [-0.05, 0) is 25.0 Å². The molecule has 0 saturated heterocycles. The first-order valence-corrected chi connectivity index (χ1v) is 6.66. The predicted molar refractivity (Wildman–Crippen MR) is 77.1 cm³/mol. The number of aryl methyl sites for hydroxylation is 1. The Morgan fingerprint density at radius 2 is 1.95 bits per heavy atom. The maximum atomic E-state index is 11.8. The topological polar surface area (TPSA) is 49.4 Å². The van der Waals surface area contributed by atoms with Crippen LogP contribution in [0.25, 0.3) is 0 Å². The number of para-hydroxylation sites is 1. The van der Waals surface area contributed by atoms with E-state index in [9.17, 15) is 9.59 Å². The summed E-state index contributed by atoms with van der Waals surface area (Å²) >= 11 is 0. The molecule has 1 aromatic carbocycles. The van der Waals surface area contributed by atoms with Gasteiger partial charge in [-0.2, -0.15) is 0 Å². The SMILES string of the molecule is CCCCNC(=O)CN(C(C)=O)c1ccccc1C. The van der Waals surface area contributed by atoms with Gasteiger partial charge >= 0.3 is 0 Å². The van der Waals surface area contributed by atoms with Crippen molar-refractivity contribution in [3.05, 3.63) is 29.8 Å². The second kappa shape index (κ2) is 7.56. The number of carbonyl (C=O) groups excluding carboxylic acids is 2. The predicted octanol–water partition coefficient (Wildman–Crippen LogP) is 2.26. The third-order valence-corrected chi connectivity index (χ3v) is 2.94. The van der Waals surface area contributed by atoms with Crippen LogP contribution >= 0.6 is 0 Å². The third kappa shape index (κ3) is 4.73. The molecule has 0 saturated carbocycles. The highest BCUT2D eigenvalue weighted by molar-refractivity contribution is 5.98. The molecule has 2 amide bonds. The van der Waals surface area contributed by atoms with Crippen LogP contribution in [0.15, 0.2) is 24.3 Å². The quantitative estimate of drug-likeness (QED) is 0.799. The van der Waals surface area contributed by atoms with Crippen LogP contribution in [0.3, 0.4) is 0 Å². The summed E-state index contributed by atoms with van der Waals surface area (Å²) in [6.07, 6.45) is 1.99. The lowest BCUT2D eigenvalue weighted by molar-refractivity contribution is -0.123. The lowest BCUT2D eigenvalue weighted by Crippen LogP contribution is -2.40. The first-order valence-electron chi connectivity index (χ1n) is 6.66. The fourth-order valence-electron chi connectivity index (χ4n) is 1.84. The van der Waals surface area contributed by atoms with E-state index in [0.29, 0.717) is 6.54 Å². The molecular formula is C15H22N2O2. The number of benzene rings is 1. The van der Waals surface area contributed by atoms with Gasteiger partial charge < -0.3 is 10.2 Å². The number of carbonyl (C=O) groups is 2. The Kier molecular flexibility index (Phi) is 6.06. The molecule has 0 aliphatic rings. The maximum absolute atomic E-state index is 11.8. The Labute approximate surface area is 114 Å². The Balaban J connectivity index is 2.72. The molecular weight excluding hydrogens is 240 g/mol. The van der Waals surface area contributed by atoms with Gasteiger partial charge in [0.15, 0.2) is 0 Å². The van der Waals surface area contributed by atoms with Crippen LogP contribution in [0.2, 0.25) is 0 Å². The number of amides is 2. The number of nitrogens with one attached hydrogen (secondary N) is 1. The van der Waals surface area contributed by atoms with Gasteiger partial charge in [0.2, 0.25) is 11.8 Å². The molecule has 1 N–H and O–H groups in total. The lowest BCUT2D eigenvalue weighted by Gasteiger charge is -2.22. The van der Waals surface area contributed by atoms with E-state index in [2.05, 4.69) is 12.2 Å². The average molecular weight is 262 g/mol. The highest BCUT2D eigenvalue weighted by atomic mass is 16.2. The number of unbranched alkanes of at least 4 members (excludes halogenated alkanes) is 1. The second-order valence-electron chi connectivity index (χ2n) is 4.60. The van der Waals surface area contributed by atoms with Crippen molar-refractivity contribution in [3.8, 4) is 0 Å². The van der Waals surface area contributed by atoms with Gasteiger partial charge in [-0.1, -0.05) is 31.5 Å². The molecule has 19 heavy (non-hydrogen) atoms. The molecule has 1 aromatic rings. The fourth-order valence-corrected chi connectivity index (χ4v) is 1.84. The van der Waals surface area contributed by atoms with E-state index < -0.39 is 0 Å². The van der Waals surface area contributed by atoms with Crippen molar-refractivity contribution in [1.82, 2.24) is 5.32 Å². The smallest absolute Gasteiger partial charge is 0.240 e. The highest BCUT2D eigenvalue weighted by Gasteiger charge is 2.16. The monoisotopic (exact) mass is 262 g/mol. The number of anilines is 1. The minimum atomic E-state index is -0.125. The summed E-state index contributed by atoms with van der Waals surface area (Å²) in [6.45, 7) is 6.21. The molecule has 4 nitrogen and oxygen atoms in total. The molecule has 1 rings (SSSR count). The molecule has 0 radical (unpaired) electrons. The molecule has 0 fully saturated rings. The average Bonchev–Trinajstić information content (AvgIpc) is 2.37. The minimum absolute atomic E-state index is 0.0733. The van der Waals surface area contributed by atoms with Crippen molar-refractivity contribution in [2.45, 2.75) is 33.6 Å². The van der Waals surface area contributed by atoms with Crippen LogP contribution in [0.4, 0.5) is 5.69 Å². The lowest BCUT2D eigenvalue weighted by atomic mass is 10.2. The molecule has 0 bridgehead atoms. The molecule has 0 aliphatic heterocycles. The Morgan fingerprint density at radius 3 is 2.53 bits per heavy atom. The Bertz CT molecular complexity index is 444. The number of hydrogen-bond acceptors (Lipinski definition) is 2. The van der Waals surface area contributed by atoms with Crippen molar-refractivity contribution in [2.24, 2.45) is 0 Å². The molecule has 0 spiro atoms. The van der Waals surface area contributed by atoms with E-state index in [4.69, 9.17) is 0 Å². The van der Waals surface area contributed by atoms with Crippen LogP contribution in [-0.2, 0) is 9.59 Å². The molecule has 0 heterocycles. The second-order valence-corrected chi connectivity index (χ2v) is 4.60. The van der Waals surface area contributed by atoms with Gasteiger partial charge in [-0.3, -0.25) is 9.59 Å². The highest BCUT2D eigenvalue weighted by Crippen LogP contribution is 2.19. The normalized spacial score (nSPS) is 10.1. The van der Waals surface area contributed by atoms with Crippen molar-refractivity contribution in [2.75, 3.05) is 18.0 Å². The first-order chi connectivity index (χ1) is 9.06. The van der Waals surface area contributed by atoms with Crippen LogP contribution < -0.4 is 10.2 Å². The summed E-state index contributed by atoms with van der Waals surface area (Å²) in [6, 6.07) is 7.57. The molecule has 0 atom stereocenters. The molecule has 0 aliphatic carbocycles. The summed E-state index contributed by atoms with van der Waals surface area (Å²) in [4.78, 5) is 25.0. The van der Waals surface area contributed by atoms with Crippen LogP contribution in [0.1, 0.15) is 32.3 Å². The van der Waals surface area contributed by atoms with Crippen molar-refractivity contribution < 1.29 is 9.59 Å². The number of hydrogen-bond donors (Lipinski definition) is 1. The van der Waals surface area contributed by atoms with Crippen LogP contribution in [-0.4, -0.2) is 24.9 Å². The van der Waals surface area contributed by atoms with Gasteiger partial charge in [0.1, 0.15) is 6.54 Å². The molecule has 104 valence electrons. The molecule has 0 aromatic heterocycles. The first kappa shape index (κ1) is 15.2. The van der Waals surface area contributed by atoms with E-state index in [-0.39, 0.29) is 18.4 Å². The fraction of sp³-hybridized carbons (Fsp3) is 0.467. The third-order valence-electron chi connectivity index (χ3n) is 2.94. The Hall–Kier alpha value is -1.84. The van der Waals surface area contributed by atoms with E-state index in [1.807, 2.05) is 31.2 Å². The van der Waals surface area contributed by atoms with Gasteiger partial charge in [-0.15, -0.1) is 0 Å². The Morgan fingerprint density at radius 1 is 1.26 bits per heavy atom. The minimum Gasteiger partial charge on any atom is -0.355 e. The van der Waals surface area contributed by atoms with Gasteiger partial charge in [0.25, 0.3) is 0 Å². The summed E-state index contributed by atoms with van der Waals surface area (Å²) < 4.78 is 0. The van der Waals surface area contributed by atoms with Crippen LogP contribution in [0.5, 0.6) is 0 Å². The summed E-state index contributed by atoms with van der Waals surface area (Å²) in [5.74, 6) is -0.244. The number of rotatable bonds is 6. The standard InChI is InChI=1S/C15H22N2O2/c1-4-5-10-16-15(19)11-17(13(3)18)14-9-7-6-8-12(14)2/h6-9H,4-5,10-11H2,1-3H3,(H,16,19). The van der Waals surface area contributed by atoms with E-state index >= 15 is 0 Å².